The highest BCUT2D eigenvalue weighted by Crippen LogP contribution is 2.32. The fourth-order valence-electron chi connectivity index (χ4n) is 3.02. The van der Waals surface area contributed by atoms with E-state index in [1.165, 1.54) is 0 Å². The zero-order valence-electron chi connectivity index (χ0n) is 12.7. The smallest absolute Gasteiger partial charge is 0.231 e. The van der Waals surface area contributed by atoms with Crippen molar-refractivity contribution in [2.45, 2.75) is 19.3 Å². The molecule has 114 valence electrons. The minimum atomic E-state index is 0.0797. The van der Waals surface area contributed by atoms with Crippen molar-refractivity contribution in [2.75, 3.05) is 24.3 Å². The minimum absolute atomic E-state index is 0.0797. The van der Waals surface area contributed by atoms with Crippen LogP contribution in [-0.2, 0) is 17.6 Å². The third-order valence-corrected chi connectivity index (χ3v) is 4.12. The molecule has 0 aromatic heterocycles. The summed E-state index contributed by atoms with van der Waals surface area (Å²) in [5.74, 6) is 0.830. The molecule has 0 radical (unpaired) electrons. The highest BCUT2D eigenvalue weighted by Gasteiger charge is 2.24. The van der Waals surface area contributed by atoms with E-state index in [0.717, 1.165) is 47.6 Å². The van der Waals surface area contributed by atoms with E-state index in [9.17, 15) is 4.79 Å². The lowest BCUT2D eigenvalue weighted by atomic mass is 9.99. The van der Waals surface area contributed by atoms with Gasteiger partial charge in [0.1, 0.15) is 5.75 Å². The molecule has 4 nitrogen and oxygen atoms in total. The van der Waals surface area contributed by atoms with Crippen LogP contribution < -0.4 is 15.4 Å². The van der Waals surface area contributed by atoms with Crippen molar-refractivity contribution >= 4 is 17.3 Å². The SMILES string of the molecule is COc1ccccc1CC(=O)N1CCCc2c(N)cccc21. The number of carbonyl (C=O) groups is 1. The molecular weight excluding hydrogens is 276 g/mol. The van der Waals surface area contributed by atoms with Gasteiger partial charge in [0, 0.05) is 23.5 Å². The van der Waals surface area contributed by atoms with Gasteiger partial charge in [-0.25, -0.2) is 0 Å². The molecule has 22 heavy (non-hydrogen) atoms. The molecule has 0 saturated heterocycles. The molecule has 0 spiro atoms. The van der Waals surface area contributed by atoms with Crippen LogP contribution in [0, 0.1) is 0 Å². The number of para-hydroxylation sites is 1. The van der Waals surface area contributed by atoms with E-state index in [4.69, 9.17) is 10.5 Å². The zero-order valence-corrected chi connectivity index (χ0v) is 12.7. The van der Waals surface area contributed by atoms with Crippen LogP contribution in [0.2, 0.25) is 0 Å². The van der Waals surface area contributed by atoms with E-state index in [1.807, 2.05) is 47.4 Å². The summed E-state index contributed by atoms with van der Waals surface area (Å²) in [7, 11) is 1.63. The summed E-state index contributed by atoms with van der Waals surface area (Å²) in [5.41, 5.74) is 9.76. The number of benzene rings is 2. The number of anilines is 2. The number of nitrogens with zero attached hydrogens (tertiary/aromatic N) is 1. The van der Waals surface area contributed by atoms with E-state index >= 15 is 0 Å². The maximum atomic E-state index is 12.7. The van der Waals surface area contributed by atoms with Crippen LogP contribution >= 0.6 is 0 Å². The van der Waals surface area contributed by atoms with E-state index in [2.05, 4.69) is 0 Å². The molecule has 1 heterocycles. The van der Waals surface area contributed by atoms with E-state index in [-0.39, 0.29) is 5.91 Å². The summed E-state index contributed by atoms with van der Waals surface area (Å²) < 4.78 is 5.33. The number of nitrogens with two attached hydrogens (primary N) is 1. The Hall–Kier alpha value is -2.49. The molecule has 0 atom stereocenters. The quantitative estimate of drug-likeness (QED) is 0.886. The van der Waals surface area contributed by atoms with E-state index in [1.54, 1.807) is 7.11 Å². The molecule has 4 heteroatoms. The van der Waals surface area contributed by atoms with Crippen LogP contribution in [0.1, 0.15) is 17.5 Å². The molecule has 0 unspecified atom stereocenters. The topological polar surface area (TPSA) is 55.6 Å². The van der Waals surface area contributed by atoms with Gasteiger partial charge in [-0.2, -0.15) is 0 Å². The fraction of sp³-hybridized carbons (Fsp3) is 0.278. The average Bonchev–Trinajstić information content (AvgIpc) is 2.55. The second kappa shape index (κ2) is 6.10. The molecule has 2 aromatic carbocycles. The Morgan fingerprint density at radius 3 is 2.86 bits per heavy atom. The molecule has 0 saturated carbocycles. The molecule has 2 N–H and O–H groups in total. The van der Waals surface area contributed by atoms with Crippen LogP contribution in [0.3, 0.4) is 0 Å². The van der Waals surface area contributed by atoms with Crippen LogP contribution in [0.25, 0.3) is 0 Å². The number of rotatable bonds is 3. The third-order valence-electron chi connectivity index (χ3n) is 4.12. The summed E-state index contributed by atoms with van der Waals surface area (Å²) in [6.45, 7) is 0.741. The van der Waals surface area contributed by atoms with Gasteiger partial charge in [-0.05, 0) is 36.6 Å². The van der Waals surface area contributed by atoms with E-state index in [0.29, 0.717) is 6.42 Å². The van der Waals surface area contributed by atoms with Crippen molar-refractivity contribution in [3.8, 4) is 5.75 Å². The molecule has 2 aromatic rings. The first-order valence-corrected chi connectivity index (χ1v) is 7.50. The standard InChI is InChI=1S/C18H20N2O2/c1-22-17-10-3-2-6-13(17)12-18(21)20-11-5-7-14-15(19)8-4-9-16(14)20/h2-4,6,8-10H,5,7,11-12,19H2,1H3. The molecule has 3 rings (SSSR count). The maximum Gasteiger partial charge on any atom is 0.231 e. The Labute approximate surface area is 130 Å². The first kappa shape index (κ1) is 14.4. The summed E-state index contributed by atoms with van der Waals surface area (Å²) in [6, 6.07) is 13.4. The normalized spacial score (nSPS) is 13.6. The third kappa shape index (κ3) is 2.64. The van der Waals surface area contributed by atoms with Crippen LogP contribution in [-0.4, -0.2) is 19.6 Å². The summed E-state index contributed by atoms with van der Waals surface area (Å²) in [5, 5.41) is 0. The van der Waals surface area contributed by atoms with Crippen molar-refractivity contribution in [2.24, 2.45) is 0 Å². The number of amides is 1. The molecule has 1 aliphatic heterocycles. The second-order valence-electron chi connectivity index (χ2n) is 5.48. The molecule has 1 amide bonds. The Morgan fingerprint density at radius 2 is 2.05 bits per heavy atom. The highest BCUT2D eigenvalue weighted by atomic mass is 16.5. The van der Waals surface area contributed by atoms with Crippen molar-refractivity contribution in [1.29, 1.82) is 0 Å². The van der Waals surface area contributed by atoms with Crippen molar-refractivity contribution < 1.29 is 9.53 Å². The predicted octanol–water partition coefficient (Wildman–Crippen LogP) is 2.80. The Kier molecular flexibility index (Phi) is 4.00. The lowest BCUT2D eigenvalue weighted by Gasteiger charge is -2.30. The predicted molar refractivity (Wildman–Crippen MR) is 88.2 cm³/mol. The van der Waals surface area contributed by atoms with Gasteiger partial charge < -0.3 is 15.4 Å². The van der Waals surface area contributed by atoms with Gasteiger partial charge in [0.2, 0.25) is 5.91 Å². The van der Waals surface area contributed by atoms with Gasteiger partial charge in [0.05, 0.1) is 13.5 Å². The zero-order chi connectivity index (χ0) is 15.5. The number of ether oxygens (including phenoxy) is 1. The Balaban J connectivity index is 1.87. The first-order valence-electron chi connectivity index (χ1n) is 7.50. The first-order chi connectivity index (χ1) is 10.7. The number of hydrogen-bond acceptors (Lipinski definition) is 3. The minimum Gasteiger partial charge on any atom is -0.496 e. The van der Waals surface area contributed by atoms with Crippen LogP contribution in [0.15, 0.2) is 42.5 Å². The number of methoxy groups -OCH3 is 1. The highest BCUT2D eigenvalue weighted by molar-refractivity contribution is 5.97. The van der Waals surface area contributed by atoms with Gasteiger partial charge in [0.25, 0.3) is 0 Å². The summed E-state index contributed by atoms with van der Waals surface area (Å²) in [6.07, 6.45) is 2.21. The van der Waals surface area contributed by atoms with Gasteiger partial charge in [0.15, 0.2) is 0 Å². The van der Waals surface area contributed by atoms with Crippen molar-refractivity contribution in [3.05, 3.63) is 53.6 Å². The van der Waals surface area contributed by atoms with Crippen LogP contribution in [0.4, 0.5) is 11.4 Å². The largest absolute Gasteiger partial charge is 0.496 e. The molecule has 1 aliphatic rings. The Morgan fingerprint density at radius 1 is 1.23 bits per heavy atom. The van der Waals surface area contributed by atoms with Gasteiger partial charge >= 0.3 is 0 Å². The molecule has 0 fully saturated rings. The molecule has 0 aliphatic carbocycles. The number of nitrogen functional groups attached to an aromatic ring is 1. The maximum absolute atomic E-state index is 12.7. The lowest BCUT2D eigenvalue weighted by molar-refractivity contribution is -0.118. The van der Waals surface area contributed by atoms with Gasteiger partial charge in [-0.1, -0.05) is 24.3 Å². The van der Waals surface area contributed by atoms with Gasteiger partial charge in [-0.15, -0.1) is 0 Å². The number of hydrogen-bond donors (Lipinski definition) is 1. The monoisotopic (exact) mass is 296 g/mol. The average molecular weight is 296 g/mol. The summed E-state index contributed by atoms with van der Waals surface area (Å²) in [4.78, 5) is 14.6. The van der Waals surface area contributed by atoms with E-state index < -0.39 is 0 Å². The van der Waals surface area contributed by atoms with Gasteiger partial charge in [-0.3, -0.25) is 4.79 Å². The lowest BCUT2D eigenvalue weighted by Crippen LogP contribution is -2.36. The molecule has 0 bridgehead atoms. The van der Waals surface area contributed by atoms with Crippen molar-refractivity contribution in [1.82, 2.24) is 0 Å². The van der Waals surface area contributed by atoms with Crippen molar-refractivity contribution in [3.63, 3.8) is 0 Å². The number of fused-ring (bicyclic) bond motifs is 1. The summed E-state index contributed by atoms with van der Waals surface area (Å²) >= 11 is 0. The number of carbonyl (C=O) groups excluding carboxylic acids is 1. The fourth-order valence-corrected chi connectivity index (χ4v) is 3.02. The van der Waals surface area contributed by atoms with Crippen LogP contribution in [0.5, 0.6) is 5.75 Å². The Bertz CT molecular complexity index is 697. The second-order valence-corrected chi connectivity index (χ2v) is 5.48. The molecular formula is C18H20N2O2.